The first-order chi connectivity index (χ1) is 7.33. The van der Waals surface area contributed by atoms with Crippen molar-refractivity contribution in [1.29, 1.82) is 0 Å². The fourth-order valence-electron chi connectivity index (χ4n) is 1.56. The number of nitrogens with zero attached hydrogens (tertiary/aromatic N) is 1. The van der Waals surface area contributed by atoms with Crippen molar-refractivity contribution in [3.8, 4) is 11.6 Å². The van der Waals surface area contributed by atoms with Crippen LogP contribution in [0.3, 0.4) is 0 Å². The minimum atomic E-state index is 0.720. The maximum atomic E-state index is 5.68. The molecule has 0 unspecified atom stereocenters. The Bertz CT molecular complexity index is 595. The van der Waals surface area contributed by atoms with E-state index < -0.39 is 0 Å². The predicted octanol–water partition coefficient (Wildman–Crippen LogP) is 2.41. The summed E-state index contributed by atoms with van der Waals surface area (Å²) in [6, 6.07) is 9.26. The molecule has 4 heteroatoms. The molecule has 0 aliphatic heterocycles. The second-order valence-corrected chi connectivity index (χ2v) is 3.34. The maximum absolute atomic E-state index is 5.68. The molecule has 2 heterocycles. The van der Waals surface area contributed by atoms with Gasteiger partial charge in [-0.25, -0.2) is 4.98 Å². The number of nitrogens with one attached hydrogen (secondary N) is 1. The topological polar surface area (TPSA) is 67.8 Å². The van der Waals surface area contributed by atoms with E-state index in [0.717, 1.165) is 28.3 Å². The molecule has 0 radical (unpaired) electrons. The Morgan fingerprint density at radius 3 is 3.00 bits per heavy atom. The molecule has 0 saturated heterocycles. The molecule has 15 heavy (non-hydrogen) atoms. The summed E-state index contributed by atoms with van der Waals surface area (Å²) in [6.45, 7) is 0. The summed E-state index contributed by atoms with van der Waals surface area (Å²) in [7, 11) is 0. The highest BCUT2D eigenvalue weighted by Crippen LogP contribution is 2.21. The summed E-state index contributed by atoms with van der Waals surface area (Å²) in [5.41, 5.74) is 8.20. The van der Waals surface area contributed by atoms with Gasteiger partial charge in [0, 0.05) is 5.69 Å². The van der Waals surface area contributed by atoms with Gasteiger partial charge in [0.1, 0.15) is 0 Å². The van der Waals surface area contributed by atoms with Crippen molar-refractivity contribution in [1.82, 2.24) is 9.97 Å². The van der Waals surface area contributed by atoms with Crippen LogP contribution in [0.5, 0.6) is 0 Å². The number of nitrogens with two attached hydrogens (primary N) is 1. The number of nitrogen functional groups attached to an aromatic ring is 1. The Morgan fingerprint density at radius 1 is 1.27 bits per heavy atom. The Balaban J connectivity index is 2.22. The molecule has 0 bridgehead atoms. The van der Waals surface area contributed by atoms with Crippen LogP contribution in [0.1, 0.15) is 0 Å². The van der Waals surface area contributed by atoms with Gasteiger partial charge in [-0.05, 0) is 30.3 Å². The van der Waals surface area contributed by atoms with Crippen molar-refractivity contribution >= 4 is 16.7 Å². The molecule has 4 nitrogen and oxygen atoms in total. The van der Waals surface area contributed by atoms with E-state index in [9.17, 15) is 0 Å². The number of rotatable bonds is 1. The average molecular weight is 199 g/mol. The molecular formula is C11H9N3O. The number of aromatic amines is 1. The van der Waals surface area contributed by atoms with Gasteiger partial charge in [0.25, 0.3) is 0 Å². The number of imidazole rings is 1. The van der Waals surface area contributed by atoms with Crippen LogP contribution in [0.2, 0.25) is 0 Å². The van der Waals surface area contributed by atoms with Crippen LogP contribution in [0.4, 0.5) is 5.69 Å². The summed E-state index contributed by atoms with van der Waals surface area (Å²) in [6.07, 6.45) is 1.62. The third kappa shape index (κ3) is 1.27. The number of H-pyrrole nitrogens is 1. The largest absolute Gasteiger partial charge is 0.461 e. The van der Waals surface area contributed by atoms with Crippen LogP contribution in [0.15, 0.2) is 41.0 Å². The zero-order valence-corrected chi connectivity index (χ0v) is 7.90. The molecule has 1 aromatic carbocycles. The fourth-order valence-corrected chi connectivity index (χ4v) is 1.56. The van der Waals surface area contributed by atoms with Crippen molar-refractivity contribution < 1.29 is 4.42 Å². The van der Waals surface area contributed by atoms with E-state index in [1.807, 2.05) is 30.3 Å². The number of anilines is 1. The Morgan fingerprint density at radius 2 is 2.20 bits per heavy atom. The van der Waals surface area contributed by atoms with Crippen molar-refractivity contribution in [3.63, 3.8) is 0 Å². The average Bonchev–Trinajstić information content (AvgIpc) is 2.84. The van der Waals surface area contributed by atoms with Gasteiger partial charge in [-0.3, -0.25) is 0 Å². The van der Waals surface area contributed by atoms with E-state index in [0.29, 0.717) is 0 Å². The minimum Gasteiger partial charge on any atom is -0.461 e. The van der Waals surface area contributed by atoms with Crippen molar-refractivity contribution in [2.45, 2.75) is 0 Å². The van der Waals surface area contributed by atoms with Gasteiger partial charge >= 0.3 is 0 Å². The second-order valence-electron chi connectivity index (χ2n) is 3.34. The fraction of sp³-hybridized carbons (Fsp3) is 0. The lowest BCUT2D eigenvalue weighted by atomic mass is 10.3. The standard InChI is InChI=1S/C11H9N3O/c12-7-3-4-8-9(6-7)14-11(13-8)10-2-1-5-15-10/h1-6H,12H2,(H,13,14). The van der Waals surface area contributed by atoms with E-state index in [2.05, 4.69) is 9.97 Å². The van der Waals surface area contributed by atoms with Crippen molar-refractivity contribution in [2.24, 2.45) is 0 Å². The number of furan rings is 1. The molecule has 74 valence electrons. The molecule has 3 aromatic rings. The third-order valence-electron chi connectivity index (χ3n) is 2.26. The molecule has 0 fully saturated rings. The smallest absolute Gasteiger partial charge is 0.174 e. The molecule has 0 saturated carbocycles. The van der Waals surface area contributed by atoms with Gasteiger partial charge in [-0.2, -0.15) is 0 Å². The van der Waals surface area contributed by atoms with Crippen LogP contribution in [-0.2, 0) is 0 Å². The van der Waals surface area contributed by atoms with Crippen molar-refractivity contribution in [3.05, 3.63) is 36.6 Å². The van der Waals surface area contributed by atoms with E-state index in [1.54, 1.807) is 6.26 Å². The highest BCUT2D eigenvalue weighted by Gasteiger charge is 2.06. The molecule has 2 aromatic heterocycles. The van der Waals surface area contributed by atoms with Gasteiger partial charge in [0.15, 0.2) is 11.6 Å². The number of benzene rings is 1. The SMILES string of the molecule is Nc1ccc2nc(-c3ccco3)[nH]c2c1. The number of hydrogen-bond acceptors (Lipinski definition) is 3. The summed E-state index contributed by atoms with van der Waals surface area (Å²) in [5.74, 6) is 1.45. The lowest BCUT2D eigenvalue weighted by Gasteiger charge is -1.89. The van der Waals surface area contributed by atoms with Gasteiger partial charge in [-0.1, -0.05) is 0 Å². The van der Waals surface area contributed by atoms with E-state index in [-0.39, 0.29) is 0 Å². The Kier molecular flexibility index (Phi) is 1.56. The lowest BCUT2D eigenvalue weighted by molar-refractivity contribution is 0.578. The third-order valence-corrected chi connectivity index (χ3v) is 2.26. The summed E-state index contributed by atoms with van der Waals surface area (Å²) < 4.78 is 5.25. The molecule has 0 aliphatic rings. The number of aromatic nitrogens is 2. The van der Waals surface area contributed by atoms with Crippen LogP contribution >= 0.6 is 0 Å². The molecule has 0 spiro atoms. The van der Waals surface area contributed by atoms with Crippen LogP contribution in [0, 0.1) is 0 Å². The predicted molar refractivity (Wildman–Crippen MR) is 58.2 cm³/mol. The molecule has 0 atom stereocenters. The van der Waals surface area contributed by atoms with Gasteiger partial charge in [0.2, 0.25) is 0 Å². The van der Waals surface area contributed by atoms with E-state index >= 15 is 0 Å². The van der Waals surface area contributed by atoms with E-state index in [1.165, 1.54) is 0 Å². The highest BCUT2D eigenvalue weighted by molar-refractivity contribution is 5.81. The maximum Gasteiger partial charge on any atom is 0.174 e. The van der Waals surface area contributed by atoms with Gasteiger partial charge in [-0.15, -0.1) is 0 Å². The zero-order chi connectivity index (χ0) is 10.3. The number of fused-ring (bicyclic) bond motifs is 1. The zero-order valence-electron chi connectivity index (χ0n) is 7.90. The van der Waals surface area contributed by atoms with Crippen LogP contribution in [0.25, 0.3) is 22.6 Å². The van der Waals surface area contributed by atoms with E-state index in [4.69, 9.17) is 10.2 Å². The summed E-state index contributed by atoms with van der Waals surface area (Å²) in [4.78, 5) is 7.55. The quantitative estimate of drug-likeness (QED) is 0.591. The summed E-state index contributed by atoms with van der Waals surface area (Å²) >= 11 is 0. The first-order valence-corrected chi connectivity index (χ1v) is 4.62. The highest BCUT2D eigenvalue weighted by atomic mass is 16.3. The lowest BCUT2D eigenvalue weighted by Crippen LogP contribution is -1.82. The first-order valence-electron chi connectivity index (χ1n) is 4.62. The Labute approximate surface area is 85.7 Å². The molecule has 0 aliphatic carbocycles. The summed E-state index contributed by atoms with van der Waals surface area (Å²) in [5, 5.41) is 0. The van der Waals surface area contributed by atoms with Crippen molar-refractivity contribution in [2.75, 3.05) is 5.73 Å². The second kappa shape index (κ2) is 2.88. The molecule has 3 N–H and O–H groups in total. The minimum absolute atomic E-state index is 0.720. The Hall–Kier alpha value is -2.23. The normalized spacial score (nSPS) is 10.9. The monoisotopic (exact) mass is 199 g/mol. The first kappa shape index (κ1) is 8.11. The molecule has 3 rings (SSSR count). The van der Waals surface area contributed by atoms with Crippen LogP contribution in [-0.4, -0.2) is 9.97 Å². The molecule has 0 amide bonds. The molecular weight excluding hydrogens is 190 g/mol. The van der Waals surface area contributed by atoms with Gasteiger partial charge < -0.3 is 15.1 Å². The van der Waals surface area contributed by atoms with Gasteiger partial charge in [0.05, 0.1) is 17.3 Å². The number of hydrogen-bond donors (Lipinski definition) is 2. The van der Waals surface area contributed by atoms with Crippen LogP contribution < -0.4 is 5.73 Å².